The molecule has 0 bridgehead atoms. The van der Waals surface area contributed by atoms with Crippen molar-refractivity contribution in [3.05, 3.63) is 76.0 Å². The van der Waals surface area contributed by atoms with Crippen molar-refractivity contribution >= 4 is 29.4 Å². The average Bonchev–Trinajstić information content (AvgIpc) is 3.12. The molecule has 1 aliphatic heterocycles. The van der Waals surface area contributed by atoms with E-state index in [1.807, 2.05) is 24.6 Å². The van der Waals surface area contributed by atoms with Gasteiger partial charge in [0.2, 0.25) is 11.8 Å². The zero-order valence-electron chi connectivity index (χ0n) is 23.2. The number of carbonyl (C=O) groups excluding carboxylic acids is 2. The van der Waals surface area contributed by atoms with Gasteiger partial charge in [0, 0.05) is 17.0 Å². The first kappa shape index (κ1) is 27.0. The SMILES string of the molecule is Cc1ccc(-n2nc(C(C)(C)C)c3c2N(CC(=O)NC(C)C)C(=O)CSC3c2ccccc2C)c(C)c1. The molecule has 2 aromatic carbocycles. The van der Waals surface area contributed by atoms with Crippen LogP contribution in [0.3, 0.4) is 0 Å². The molecule has 0 saturated carbocycles. The van der Waals surface area contributed by atoms with Gasteiger partial charge in [-0.25, -0.2) is 4.68 Å². The molecular weight excluding hydrogens is 480 g/mol. The highest BCUT2D eigenvalue weighted by molar-refractivity contribution is 8.00. The summed E-state index contributed by atoms with van der Waals surface area (Å²) in [5.41, 5.74) is 7.14. The minimum absolute atomic E-state index is 0.0162. The number of carbonyl (C=O) groups is 2. The Morgan fingerprint density at radius 2 is 1.81 bits per heavy atom. The summed E-state index contributed by atoms with van der Waals surface area (Å²) in [5, 5.41) is 8.07. The maximum Gasteiger partial charge on any atom is 0.240 e. The Labute approximate surface area is 224 Å². The molecule has 2 heterocycles. The normalized spacial score (nSPS) is 16.1. The van der Waals surface area contributed by atoms with E-state index in [1.165, 1.54) is 11.1 Å². The molecule has 1 aromatic heterocycles. The minimum Gasteiger partial charge on any atom is -0.352 e. The molecule has 0 aliphatic carbocycles. The van der Waals surface area contributed by atoms with Crippen molar-refractivity contribution in [2.45, 2.75) is 72.1 Å². The summed E-state index contributed by atoms with van der Waals surface area (Å²) in [6.45, 7) is 16.5. The number of hydrogen-bond acceptors (Lipinski definition) is 4. The Kier molecular flexibility index (Phi) is 7.56. The number of anilines is 1. The highest BCUT2D eigenvalue weighted by atomic mass is 32.2. The van der Waals surface area contributed by atoms with Gasteiger partial charge in [0.1, 0.15) is 12.4 Å². The average molecular weight is 519 g/mol. The molecule has 1 N–H and O–H groups in total. The first-order chi connectivity index (χ1) is 17.4. The fourth-order valence-electron chi connectivity index (χ4n) is 4.92. The Hall–Kier alpha value is -3.06. The van der Waals surface area contributed by atoms with E-state index >= 15 is 0 Å². The van der Waals surface area contributed by atoms with E-state index in [1.54, 1.807) is 16.7 Å². The van der Waals surface area contributed by atoms with Crippen LogP contribution >= 0.6 is 11.8 Å². The molecule has 1 atom stereocenters. The van der Waals surface area contributed by atoms with Crippen molar-refractivity contribution in [2.75, 3.05) is 17.2 Å². The van der Waals surface area contributed by atoms with Crippen molar-refractivity contribution in [1.29, 1.82) is 0 Å². The predicted octanol–water partition coefficient (Wildman–Crippen LogP) is 5.79. The van der Waals surface area contributed by atoms with E-state index in [4.69, 9.17) is 5.10 Å². The number of nitrogens with one attached hydrogen (secondary N) is 1. The van der Waals surface area contributed by atoms with E-state index < -0.39 is 0 Å². The zero-order chi connectivity index (χ0) is 27.1. The van der Waals surface area contributed by atoms with Crippen molar-refractivity contribution in [3.8, 4) is 5.69 Å². The topological polar surface area (TPSA) is 67.2 Å². The molecule has 1 unspecified atom stereocenters. The molecule has 1 aliphatic rings. The van der Waals surface area contributed by atoms with Crippen molar-refractivity contribution < 1.29 is 9.59 Å². The van der Waals surface area contributed by atoms with Crippen LogP contribution in [0.2, 0.25) is 0 Å². The Morgan fingerprint density at radius 1 is 1.11 bits per heavy atom. The van der Waals surface area contributed by atoms with Gasteiger partial charge < -0.3 is 5.32 Å². The summed E-state index contributed by atoms with van der Waals surface area (Å²) in [4.78, 5) is 28.4. The monoisotopic (exact) mass is 518 g/mol. The lowest BCUT2D eigenvalue weighted by Crippen LogP contribution is -2.44. The van der Waals surface area contributed by atoms with Gasteiger partial charge >= 0.3 is 0 Å². The summed E-state index contributed by atoms with van der Waals surface area (Å²) >= 11 is 1.62. The quantitative estimate of drug-likeness (QED) is 0.464. The van der Waals surface area contributed by atoms with Crippen LogP contribution < -0.4 is 10.2 Å². The number of nitrogens with zero attached hydrogens (tertiary/aromatic N) is 3. The second kappa shape index (κ2) is 10.4. The molecule has 2 amide bonds. The zero-order valence-corrected chi connectivity index (χ0v) is 24.0. The summed E-state index contributed by atoms with van der Waals surface area (Å²) in [7, 11) is 0. The van der Waals surface area contributed by atoms with Crippen LogP contribution in [0.5, 0.6) is 0 Å². The number of rotatable bonds is 5. The number of amides is 2. The molecule has 196 valence electrons. The van der Waals surface area contributed by atoms with Crippen LogP contribution in [-0.2, 0) is 15.0 Å². The highest BCUT2D eigenvalue weighted by Gasteiger charge is 2.40. The van der Waals surface area contributed by atoms with Crippen molar-refractivity contribution in [3.63, 3.8) is 0 Å². The van der Waals surface area contributed by atoms with Gasteiger partial charge in [-0.05, 0) is 57.4 Å². The molecule has 4 rings (SSSR count). The van der Waals surface area contributed by atoms with Gasteiger partial charge in [0.05, 0.1) is 22.4 Å². The fourth-order valence-corrected chi connectivity index (χ4v) is 6.21. The summed E-state index contributed by atoms with van der Waals surface area (Å²) in [5.74, 6) is 0.699. The summed E-state index contributed by atoms with van der Waals surface area (Å²) in [6, 6.07) is 14.6. The van der Waals surface area contributed by atoms with Crippen molar-refractivity contribution in [2.24, 2.45) is 0 Å². The van der Waals surface area contributed by atoms with E-state index in [0.29, 0.717) is 5.82 Å². The second-order valence-corrected chi connectivity index (χ2v) is 12.4. The van der Waals surface area contributed by atoms with Crippen LogP contribution in [0.1, 0.15) is 73.4 Å². The predicted molar refractivity (Wildman–Crippen MR) is 153 cm³/mol. The molecular formula is C30H38N4O2S. The lowest BCUT2D eigenvalue weighted by atomic mass is 9.86. The van der Waals surface area contributed by atoms with Gasteiger partial charge in [-0.1, -0.05) is 62.7 Å². The minimum atomic E-state index is -0.283. The molecule has 3 aromatic rings. The Morgan fingerprint density at radius 3 is 2.43 bits per heavy atom. The third-order valence-electron chi connectivity index (χ3n) is 6.60. The third kappa shape index (κ3) is 5.47. The first-order valence-electron chi connectivity index (χ1n) is 12.9. The first-order valence-corrected chi connectivity index (χ1v) is 13.9. The van der Waals surface area contributed by atoms with Gasteiger partial charge in [0.25, 0.3) is 0 Å². The number of aryl methyl sites for hydroxylation is 3. The molecule has 37 heavy (non-hydrogen) atoms. The fraction of sp³-hybridized carbons (Fsp3) is 0.433. The Balaban J connectivity index is 2.06. The molecule has 0 radical (unpaired) electrons. The van der Waals surface area contributed by atoms with Gasteiger partial charge in [0.15, 0.2) is 0 Å². The van der Waals surface area contributed by atoms with Crippen molar-refractivity contribution in [1.82, 2.24) is 15.1 Å². The second-order valence-electron chi connectivity index (χ2n) is 11.3. The van der Waals surface area contributed by atoms with Crippen LogP contribution in [0.4, 0.5) is 5.82 Å². The van der Waals surface area contributed by atoms with E-state index in [-0.39, 0.29) is 40.8 Å². The molecule has 7 heteroatoms. The van der Waals surface area contributed by atoms with E-state index in [9.17, 15) is 9.59 Å². The molecule has 0 saturated heterocycles. The van der Waals surface area contributed by atoms with Crippen LogP contribution in [0, 0.1) is 20.8 Å². The van der Waals surface area contributed by atoms with Crippen LogP contribution in [0.15, 0.2) is 42.5 Å². The number of benzene rings is 2. The Bertz CT molecular complexity index is 1340. The maximum atomic E-state index is 13.7. The number of hydrogen-bond donors (Lipinski definition) is 1. The highest BCUT2D eigenvalue weighted by Crippen LogP contribution is 2.49. The van der Waals surface area contributed by atoms with Gasteiger partial charge in [-0.2, -0.15) is 5.10 Å². The summed E-state index contributed by atoms with van der Waals surface area (Å²) < 4.78 is 1.91. The lowest BCUT2D eigenvalue weighted by Gasteiger charge is -2.25. The van der Waals surface area contributed by atoms with E-state index in [0.717, 1.165) is 28.1 Å². The number of thioether (sulfide) groups is 1. The molecule has 6 nitrogen and oxygen atoms in total. The smallest absolute Gasteiger partial charge is 0.240 e. The maximum absolute atomic E-state index is 13.7. The molecule has 0 spiro atoms. The molecule has 0 fully saturated rings. The standard InChI is InChI=1S/C30H38N4O2S/c1-18(2)31-24(35)16-33-25(36)17-37-27(22-12-10-9-11-20(22)4)26-28(30(6,7)8)32-34(29(26)33)23-14-13-19(3)15-21(23)5/h9-15,18,27H,16-17H2,1-8H3,(H,31,35). The largest absolute Gasteiger partial charge is 0.352 e. The van der Waals surface area contributed by atoms with Crippen LogP contribution in [-0.4, -0.2) is 39.9 Å². The van der Waals surface area contributed by atoms with Gasteiger partial charge in [-0.15, -0.1) is 11.8 Å². The third-order valence-corrected chi connectivity index (χ3v) is 7.84. The van der Waals surface area contributed by atoms with E-state index in [2.05, 4.69) is 83.3 Å². The lowest BCUT2D eigenvalue weighted by molar-refractivity contribution is -0.123. The summed E-state index contributed by atoms with van der Waals surface area (Å²) in [6.07, 6.45) is 0. The van der Waals surface area contributed by atoms with Gasteiger partial charge in [-0.3, -0.25) is 14.5 Å². The number of fused-ring (bicyclic) bond motifs is 1. The van der Waals surface area contributed by atoms with Crippen LogP contribution in [0.25, 0.3) is 5.69 Å². The number of aromatic nitrogens is 2.